The lowest BCUT2D eigenvalue weighted by Gasteiger charge is -2.35. The molecule has 1 aromatic carbocycles. The molecule has 0 bridgehead atoms. The smallest absolute Gasteiger partial charge is 0.256 e. The first-order valence-corrected chi connectivity index (χ1v) is 9.25. The van der Waals surface area contributed by atoms with Gasteiger partial charge in [0.2, 0.25) is 5.78 Å². The van der Waals surface area contributed by atoms with Gasteiger partial charge in [-0.3, -0.25) is 14.2 Å². The van der Waals surface area contributed by atoms with Crippen LogP contribution in [0.15, 0.2) is 61.2 Å². The zero-order valence-electron chi connectivity index (χ0n) is 14.8. The summed E-state index contributed by atoms with van der Waals surface area (Å²) >= 11 is 0. The van der Waals surface area contributed by atoms with Crippen molar-refractivity contribution in [3.05, 3.63) is 72.4 Å². The third-order valence-corrected chi connectivity index (χ3v) is 5.23. The van der Waals surface area contributed by atoms with E-state index >= 15 is 0 Å². The number of para-hydroxylation sites is 1. The van der Waals surface area contributed by atoms with E-state index in [0.717, 1.165) is 42.4 Å². The monoisotopic (exact) mass is 357 g/mol. The highest BCUT2D eigenvalue weighted by Gasteiger charge is 2.30. The topological polar surface area (TPSA) is 63.4 Å². The van der Waals surface area contributed by atoms with Gasteiger partial charge in [-0.15, -0.1) is 0 Å². The van der Waals surface area contributed by atoms with Crippen LogP contribution in [0.3, 0.4) is 0 Å². The molecule has 0 aliphatic carbocycles. The van der Waals surface area contributed by atoms with Crippen LogP contribution in [-0.4, -0.2) is 36.7 Å². The molecule has 1 fully saturated rings. The number of likely N-dealkylation sites (tertiary alicyclic amines) is 1. The second-order valence-corrected chi connectivity index (χ2v) is 6.91. The zero-order chi connectivity index (χ0) is 18.2. The number of rotatable bonds is 2. The lowest BCUT2D eigenvalue weighted by atomic mass is 9.98. The van der Waals surface area contributed by atoms with Gasteiger partial charge in [0, 0.05) is 36.7 Å². The Bertz CT molecular complexity index is 1140. The van der Waals surface area contributed by atoms with E-state index in [9.17, 15) is 4.79 Å². The highest BCUT2D eigenvalue weighted by atomic mass is 16.2. The van der Waals surface area contributed by atoms with Crippen molar-refractivity contribution in [3.63, 3.8) is 0 Å². The molecule has 1 atom stereocenters. The molecular formula is C21H19N5O. The third-order valence-electron chi connectivity index (χ3n) is 5.23. The molecule has 0 radical (unpaired) electrons. The number of benzene rings is 1. The lowest BCUT2D eigenvalue weighted by Crippen LogP contribution is -2.39. The summed E-state index contributed by atoms with van der Waals surface area (Å²) < 4.78 is 1.88. The molecule has 3 aromatic heterocycles. The molecule has 5 rings (SSSR count). The number of amides is 1. The Kier molecular flexibility index (Phi) is 3.81. The van der Waals surface area contributed by atoms with Crippen molar-refractivity contribution in [2.75, 3.05) is 6.54 Å². The van der Waals surface area contributed by atoms with E-state index in [1.54, 1.807) is 12.4 Å². The number of fused-ring (bicyclic) bond motifs is 2. The van der Waals surface area contributed by atoms with Crippen molar-refractivity contribution in [1.29, 1.82) is 0 Å². The molecule has 0 spiro atoms. The highest BCUT2D eigenvalue weighted by Crippen LogP contribution is 2.31. The van der Waals surface area contributed by atoms with Gasteiger partial charge in [0.05, 0.1) is 22.8 Å². The van der Waals surface area contributed by atoms with Crippen molar-refractivity contribution in [1.82, 2.24) is 24.3 Å². The Morgan fingerprint density at radius 2 is 2.00 bits per heavy atom. The minimum absolute atomic E-state index is 0.0166. The van der Waals surface area contributed by atoms with Crippen LogP contribution in [0.4, 0.5) is 0 Å². The predicted molar refractivity (Wildman–Crippen MR) is 102 cm³/mol. The predicted octanol–water partition coefficient (Wildman–Crippen LogP) is 3.64. The maximum absolute atomic E-state index is 13.3. The molecule has 1 aliphatic rings. The summed E-state index contributed by atoms with van der Waals surface area (Å²) in [5, 5.41) is 0.980. The van der Waals surface area contributed by atoms with E-state index in [2.05, 4.69) is 15.0 Å². The molecule has 6 nitrogen and oxygen atoms in total. The van der Waals surface area contributed by atoms with E-state index in [0.29, 0.717) is 11.3 Å². The van der Waals surface area contributed by atoms with Gasteiger partial charge >= 0.3 is 0 Å². The molecule has 6 heteroatoms. The third kappa shape index (κ3) is 2.83. The lowest BCUT2D eigenvalue weighted by molar-refractivity contribution is 0.0606. The Morgan fingerprint density at radius 3 is 2.96 bits per heavy atom. The minimum Gasteiger partial charge on any atom is -0.330 e. The number of pyridine rings is 1. The number of aromatic nitrogens is 4. The number of piperidine rings is 1. The van der Waals surface area contributed by atoms with Crippen LogP contribution in [0.2, 0.25) is 0 Å². The Labute approximate surface area is 156 Å². The van der Waals surface area contributed by atoms with Crippen LogP contribution in [0.25, 0.3) is 16.7 Å². The second kappa shape index (κ2) is 6.46. The average molecular weight is 357 g/mol. The van der Waals surface area contributed by atoms with Gasteiger partial charge in [-0.2, -0.15) is 0 Å². The highest BCUT2D eigenvalue weighted by molar-refractivity contribution is 5.97. The zero-order valence-corrected chi connectivity index (χ0v) is 14.8. The first-order valence-electron chi connectivity index (χ1n) is 9.25. The van der Waals surface area contributed by atoms with E-state index in [1.807, 2.05) is 58.1 Å². The molecule has 1 aliphatic heterocycles. The largest absolute Gasteiger partial charge is 0.330 e. The number of carbonyl (C=O) groups is 1. The maximum atomic E-state index is 13.3. The summed E-state index contributed by atoms with van der Waals surface area (Å²) in [4.78, 5) is 28.6. The van der Waals surface area contributed by atoms with Gasteiger partial charge in [0.15, 0.2) is 0 Å². The second-order valence-electron chi connectivity index (χ2n) is 6.91. The minimum atomic E-state index is -0.0283. The molecule has 1 amide bonds. The number of nitrogens with zero attached hydrogens (tertiary/aromatic N) is 5. The van der Waals surface area contributed by atoms with E-state index < -0.39 is 0 Å². The average Bonchev–Trinajstić information content (AvgIpc) is 3.21. The summed E-state index contributed by atoms with van der Waals surface area (Å²) in [5.41, 5.74) is 2.42. The van der Waals surface area contributed by atoms with Gasteiger partial charge in [-0.05, 0) is 37.5 Å². The van der Waals surface area contributed by atoms with Crippen molar-refractivity contribution in [2.45, 2.75) is 25.3 Å². The van der Waals surface area contributed by atoms with Crippen LogP contribution in [0, 0.1) is 0 Å². The summed E-state index contributed by atoms with van der Waals surface area (Å²) in [7, 11) is 0. The molecule has 134 valence electrons. The summed E-state index contributed by atoms with van der Waals surface area (Å²) in [6.45, 7) is 0.734. The fourth-order valence-electron chi connectivity index (χ4n) is 3.84. The standard InChI is InChI=1S/C21H19N5O/c27-20(16-13-15-5-1-2-6-17(15)23-14-16)26-10-4-3-7-19(26)18-8-11-25-12-9-22-21(25)24-18/h1-2,5-6,8-9,11-14,19H,3-4,7,10H2. The first-order chi connectivity index (χ1) is 13.3. The Balaban J connectivity index is 1.51. The fourth-order valence-corrected chi connectivity index (χ4v) is 3.84. The van der Waals surface area contributed by atoms with Gasteiger partial charge in [-0.1, -0.05) is 18.2 Å². The van der Waals surface area contributed by atoms with Gasteiger partial charge in [-0.25, -0.2) is 9.97 Å². The van der Waals surface area contributed by atoms with Crippen molar-refractivity contribution >= 4 is 22.6 Å². The SMILES string of the molecule is O=C(c1cnc2ccccc2c1)N1CCCCC1c1ccn2ccnc2n1. The number of imidazole rings is 1. The number of hydrogen-bond donors (Lipinski definition) is 0. The number of carbonyl (C=O) groups excluding carboxylic acids is 1. The van der Waals surface area contributed by atoms with Crippen LogP contribution in [0.1, 0.15) is 41.4 Å². The molecule has 27 heavy (non-hydrogen) atoms. The van der Waals surface area contributed by atoms with Gasteiger partial charge in [0.1, 0.15) is 0 Å². The van der Waals surface area contributed by atoms with Crippen molar-refractivity contribution in [3.8, 4) is 0 Å². The molecule has 4 aromatic rings. The molecule has 4 heterocycles. The molecule has 1 saturated heterocycles. The molecule has 1 unspecified atom stereocenters. The fraction of sp³-hybridized carbons (Fsp3) is 0.238. The van der Waals surface area contributed by atoms with Crippen molar-refractivity contribution in [2.24, 2.45) is 0 Å². The molecule has 0 saturated carbocycles. The summed E-state index contributed by atoms with van der Waals surface area (Å²) in [6, 6.07) is 11.8. The number of hydrogen-bond acceptors (Lipinski definition) is 4. The first kappa shape index (κ1) is 15.9. The summed E-state index contributed by atoms with van der Waals surface area (Å²) in [5.74, 6) is 0.681. The van der Waals surface area contributed by atoms with E-state index in [1.165, 1.54) is 0 Å². The quantitative estimate of drug-likeness (QED) is 0.549. The van der Waals surface area contributed by atoms with Crippen LogP contribution >= 0.6 is 0 Å². The normalized spacial score (nSPS) is 17.5. The van der Waals surface area contributed by atoms with Gasteiger partial charge < -0.3 is 4.90 Å². The maximum Gasteiger partial charge on any atom is 0.256 e. The Morgan fingerprint density at radius 1 is 1.07 bits per heavy atom. The Hall–Kier alpha value is -3.28. The molecule has 0 N–H and O–H groups in total. The van der Waals surface area contributed by atoms with Crippen LogP contribution in [0.5, 0.6) is 0 Å². The van der Waals surface area contributed by atoms with E-state index in [-0.39, 0.29) is 11.9 Å². The van der Waals surface area contributed by atoms with Crippen LogP contribution in [-0.2, 0) is 0 Å². The van der Waals surface area contributed by atoms with Crippen LogP contribution < -0.4 is 0 Å². The van der Waals surface area contributed by atoms with E-state index in [4.69, 9.17) is 0 Å². The van der Waals surface area contributed by atoms with Gasteiger partial charge in [0.25, 0.3) is 5.91 Å². The van der Waals surface area contributed by atoms with Crippen molar-refractivity contribution < 1.29 is 4.79 Å². The summed E-state index contributed by atoms with van der Waals surface area (Å²) in [6.07, 6.45) is 10.3. The molecular weight excluding hydrogens is 338 g/mol.